The Labute approximate surface area is 126 Å². The smallest absolute Gasteiger partial charge is 0.123 e. The molecule has 0 unspecified atom stereocenters. The van der Waals surface area contributed by atoms with Crippen LogP contribution in [0, 0.1) is 5.82 Å². The van der Waals surface area contributed by atoms with E-state index in [2.05, 4.69) is 5.10 Å². The molecule has 0 aliphatic rings. The molecule has 2 N–H and O–H groups in total. The fourth-order valence-electron chi connectivity index (χ4n) is 2.18. The van der Waals surface area contributed by atoms with Crippen LogP contribution in [0.1, 0.15) is 5.56 Å². The van der Waals surface area contributed by atoms with Gasteiger partial charge in [-0.3, -0.25) is 4.68 Å². The zero-order valence-electron chi connectivity index (χ0n) is 11.1. The lowest BCUT2D eigenvalue weighted by Crippen LogP contribution is -2.01. The number of aromatic nitrogens is 2. The van der Waals surface area contributed by atoms with Crippen LogP contribution in [0.3, 0.4) is 0 Å². The summed E-state index contributed by atoms with van der Waals surface area (Å²) >= 11 is 6.14. The summed E-state index contributed by atoms with van der Waals surface area (Å²) in [6, 6.07) is 13.8. The van der Waals surface area contributed by atoms with Crippen molar-refractivity contribution in [1.82, 2.24) is 9.78 Å². The molecule has 106 valence electrons. The first kappa shape index (κ1) is 13.6. The van der Waals surface area contributed by atoms with Crippen molar-refractivity contribution in [2.75, 3.05) is 5.73 Å². The van der Waals surface area contributed by atoms with E-state index in [1.807, 2.05) is 24.3 Å². The third-order valence-corrected chi connectivity index (χ3v) is 3.55. The number of rotatable bonds is 3. The van der Waals surface area contributed by atoms with Gasteiger partial charge in [-0.15, -0.1) is 0 Å². The largest absolute Gasteiger partial charge is 0.396 e. The molecule has 1 heterocycles. The van der Waals surface area contributed by atoms with Gasteiger partial charge in [0, 0.05) is 16.8 Å². The molecular weight excluding hydrogens is 289 g/mol. The highest BCUT2D eigenvalue weighted by atomic mass is 35.5. The minimum atomic E-state index is -0.312. The highest BCUT2D eigenvalue weighted by Gasteiger charge is 2.10. The van der Waals surface area contributed by atoms with Gasteiger partial charge in [0.05, 0.1) is 12.2 Å². The Morgan fingerprint density at radius 1 is 1.14 bits per heavy atom. The normalized spacial score (nSPS) is 10.8. The maximum atomic E-state index is 13.3. The molecule has 0 saturated carbocycles. The third-order valence-electron chi connectivity index (χ3n) is 3.18. The summed E-state index contributed by atoms with van der Waals surface area (Å²) in [7, 11) is 0. The van der Waals surface area contributed by atoms with Gasteiger partial charge in [-0.2, -0.15) is 5.10 Å². The van der Waals surface area contributed by atoms with Gasteiger partial charge in [-0.1, -0.05) is 41.9 Å². The molecule has 0 bridgehead atoms. The summed E-state index contributed by atoms with van der Waals surface area (Å²) in [4.78, 5) is 0. The summed E-state index contributed by atoms with van der Waals surface area (Å²) in [6.45, 7) is 0.513. The summed E-state index contributed by atoms with van der Waals surface area (Å²) in [5.41, 5.74) is 8.66. The molecule has 0 saturated heterocycles. The molecule has 1 aromatic heterocycles. The average Bonchev–Trinajstić information content (AvgIpc) is 2.82. The lowest BCUT2D eigenvalue weighted by Gasteiger charge is -2.04. The topological polar surface area (TPSA) is 43.8 Å². The van der Waals surface area contributed by atoms with E-state index in [-0.39, 0.29) is 5.82 Å². The van der Waals surface area contributed by atoms with Gasteiger partial charge in [0.2, 0.25) is 0 Å². The number of hydrogen-bond donors (Lipinski definition) is 1. The third kappa shape index (κ3) is 2.90. The van der Waals surface area contributed by atoms with Gasteiger partial charge >= 0.3 is 0 Å². The summed E-state index contributed by atoms with van der Waals surface area (Å²) in [5, 5.41) is 5.10. The average molecular weight is 302 g/mol. The molecule has 0 fully saturated rings. The highest BCUT2D eigenvalue weighted by Crippen LogP contribution is 2.25. The van der Waals surface area contributed by atoms with Crippen molar-refractivity contribution in [1.29, 1.82) is 0 Å². The van der Waals surface area contributed by atoms with Crippen LogP contribution in [0.2, 0.25) is 5.02 Å². The van der Waals surface area contributed by atoms with Gasteiger partial charge < -0.3 is 5.73 Å². The molecule has 0 radical (unpaired) electrons. The standard InChI is InChI=1S/C16H13ClFN3/c17-14-7-2-1-4-12(14)9-21-10-15(19)16(20-21)11-5-3-6-13(18)8-11/h1-8,10H,9,19H2. The first-order valence-corrected chi connectivity index (χ1v) is 6.83. The molecule has 3 rings (SSSR count). The second-order valence-electron chi connectivity index (χ2n) is 4.73. The Hall–Kier alpha value is -2.33. The van der Waals surface area contributed by atoms with Crippen molar-refractivity contribution >= 4 is 17.3 Å². The number of benzene rings is 2. The minimum absolute atomic E-state index is 0.312. The lowest BCUT2D eigenvalue weighted by atomic mass is 10.1. The first-order valence-electron chi connectivity index (χ1n) is 6.46. The molecule has 0 amide bonds. The van der Waals surface area contributed by atoms with Crippen LogP contribution >= 0.6 is 11.6 Å². The monoisotopic (exact) mass is 301 g/mol. The van der Waals surface area contributed by atoms with Gasteiger partial charge in [-0.05, 0) is 23.8 Å². The van der Waals surface area contributed by atoms with E-state index in [1.54, 1.807) is 23.0 Å². The molecule has 0 spiro atoms. The van der Waals surface area contributed by atoms with Crippen molar-refractivity contribution < 1.29 is 4.39 Å². The SMILES string of the molecule is Nc1cn(Cc2ccccc2Cl)nc1-c1cccc(F)c1. The second kappa shape index (κ2) is 5.58. The van der Waals surface area contributed by atoms with Crippen molar-refractivity contribution in [3.63, 3.8) is 0 Å². The number of nitrogens with zero attached hydrogens (tertiary/aromatic N) is 2. The van der Waals surface area contributed by atoms with Crippen LogP contribution in [0.15, 0.2) is 54.7 Å². The summed E-state index contributed by atoms with van der Waals surface area (Å²) in [6.07, 6.45) is 1.73. The van der Waals surface area contributed by atoms with Crippen LogP contribution in [0.25, 0.3) is 11.3 Å². The predicted molar refractivity (Wildman–Crippen MR) is 82.6 cm³/mol. The summed E-state index contributed by atoms with van der Waals surface area (Å²) in [5.74, 6) is -0.312. The van der Waals surface area contributed by atoms with E-state index >= 15 is 0 Å². The van der Waals surface area contributed by atoms with Crippen molar-refractivity contribution in [2.24, 2.45) is 0 Å². The molecule has 3 aromatic rings. The minimum Gasteiger partial charge on any atom is -0.396 e. The van der Waals surface area contributed by atoms with E-state index in [4.69, 9.17) is 17.3 Å². The molecule has 0 aliphatic heterocycles. The second-order valence-corrected chi connectivity index (χ2v) is 5.14. The Bertz CT molecular complexity index is 783. The Balaban J connectivity index is 1.93. The number of nitrogen functional groups attached to an aromatic ring is 1. The van der Waals surface area contributed by atoms with Crippen LogP contribution in [0.4, 0.5) is 10.1 Å². The van der Waals surface area contributed by atoms with Gasteiger partial charge in [0.25, 0.3) is 0 Å². The molecule has 2 aromatic carbocycles. The number of nitrogens with two attached hydrogens (primary N) is 1. The fraction of sp³-hybridized carbons (Fsp3) is 0.0625. The lowest BCUT2D eigenvalue weighted by molar-refractivity contribution is 0.628. The Morgan fingerprint density at radius 3 is 2.71 bits per heavy atom. The van der Waals surface area contributed by atoms with E-state index in [0.717, 1.165) is 5.56 Å². The zero-order chi connectivity index (χ0) is 14.8. The van der Waals surface area contributed by atoms with E-state index in [1.165, 1.54) is 12.1 Å². The van der Waals surface area contributed by atoms with Gasteiger partial charge in [0.1, 0.15) is 11.5 Å². The molecule has 3 nitrogen and oxygen atoms in total. The highest BCUT2D eigenvalue weighted by molar-refractivity contribution is 6.31. The van der Waals surface area contributed by atoms with E-state index in [0.29, 0.717) is 28.5 Å². The van der Waals surface area contributed by atoms with E-state index in [9.17, 15) is 4.39 Å². The van der Waals surface area contributed by atoms with Crippen LogP contribution in [0.5, 0.6) is 0 Å². The maximum Gasteiger partial charge on any atom is 0.123 e. The molecule has 0 aliphatic carbocycles. The van der Waals surface area contributed by atoms with Gasteiger partial charge in [-0.25, -0.2) is 4.39 Å². The van der Waals surface area contributed by atoms with Crippen molar-refractivity contribution in [2.45, 2.75) is 6.54 Å². The van der Waals surface area contributed by atoms with Crippen LogP contribution in [-0.4, -0.2) is 9.78 Å². The number of halogens is 2. The first-order chi connectivity index (χ1) is 10.1. The molecule has 5 heteroatoms. The Kier molecular flexibility index (Phi) is 3.62. The summed E-state index contributed by atoms with van der Waals surface area (Å²) < 4.78 is 15.0. The fourth-order valence-corrected chi connectivity index (χ4v) is 2.37. The quantitative estimate of drug-likeness (QED) is 0.795. The predicted octanol–water partition coefficient (Wildman–Crippen LogP) is 3.97. The maximum absolute atomic E-state index is 13.3. The van der Waals surface area contributed by atoms with Crippen molar-refractivity contribution in [3.05, 3.63) is 71.1 Å². The van der Waals surface area contributed by atoms with E-state index < -0.39 is 0 Å². The number of hydrogen-bond acceptors (Lipinski definition) is 2. The van der Waals surface area contributed by atoms with Gasteiger partial charge in [0.15, 0.2) is 0 Å². The number of anilines is 1. The van der Waals surface area contributed by atoms with Crippen molar-refractivity contribution in [3.8, 4) is 11.3 Å². The molecular formula is C16H13ClFN3. The molecule has 0 atom stereocenters. The van der Waals surface area contributed by atoms with Crippen LogP contribution < -0.4 is 5.73 Å². The molecule has 21 heavy (non-hydrogen) atoms. The van der Waals surface area contributed by atoms with Crippen LogP contribution in [-0.2, 0) is 6.54 Å². The Morgan fingerprint density at radius 2 is 1.95 bits per heavy atom. The zero-order valence-corrected chi connectivity index (χ0v) is 11.9.